The molecule has 2 atom stereocenters. The summed E-state index contributed by atoms with van der Waals surface area (Å²) in [7, 11) is 0. The van der Waals surface area contributed by atoms with Crippen molar-refractivity contribution in [1.29, 1.82) is 0 Å². The van der Waals surface area contributed by atoms with Gasteiger partial charge in [0.1, 0.15) is 0 Å². The molecule has 1 aromatic carbocycles. The fourth-order valence-corrected chi connectivity index (χ4v) is 2.60. The number of nitrogens with one attached hydrogen (secondary N) is 2. The molecule has 0 bridgehead atoms. The van der Waals surface area contributed by atoms with E-state index in [9.17, 15) is 4.79 Å². The largest absolute Gasteiger partial charge is 0.335 e. The van der Waals surface area contributed by atoms with Gasteiger partial charge < -0.3 is 10.6 Å². The number of hydrogen-bond acceptors (Lipinski definition) is 2. The Kier molecular flexibility index (Phi) is 4.20. The zero-order chi connectivity index (χ0) is 14.7. The minimum atomic E-state index is -0.122. The molecule has 5 heteroatoms. The van der Waals surface area contributed by atoms with E-state index in [1.807, 2.05) is 24.3 Å². The van der Waals surface area contributed by atoms with Crippen molar-refractivity contribution < 1.29 is 4.79 Å². The summed E-state index contributed by atoms with van der Waals surface area (Å²) in [5.41, 5.74) is 2.27. The first-order valence-corrected chi connectivity index (χ1v) is 7.70. The Labute approximate surface area is 132 Å². The van der Waals surface area contributed by atoms with E-state index in [0.29, 0.717) is 12.5 Å². The van der Waals surface area contributed by atoms with Crippen molar-refractivity contribution in [3.63, 3.8) is 0 Å². The van der Waals surface area contributed by atoms with Gasteiger partial charge in [-0.1, -0.05) is 34.1 Å². The number of nitrogens with zero attached hydrogens (tertiary/aromatic N) is 1. The van der Waals surface area contributed by atoms with E-state index < -0.39 is 0 Å². The third kappa shape index (κ3) is 3.82. The molecule has 4 nitrogen and oxygen atoms in total. The van der Waals surface area contributed by atoms with Crippen LogP contribution in [0.5, 0.6) is 0 Å². The van der Waals surface area contributed by atoms with Crippen LogP contribution in [0.4, 0.5) is 4.79 Å². The molecule has 1 heterocycles. The molecule has 1 fully saturated rings. The zero-order valence-corrected chi connectivity index (χ0v) is 13.0. The third-order valence-corrected chi connectivity index (χ3v) is 4.11. The highest BCUT2D eigenvalue weighted by Gasteiger charge is 2.39. The second-order valence-electron chi connectivity index (χ2n) is 5.19. The first-order chi connectivity index (χ1) is 10.2. The van der Waals surface area contributed by atoms with Crippen LogP contribution in [0.2, 0.25) is 0 Å². The topological polar surface area (TPSA) is 54.0 Å². The fourth-order valence-electron chi connectivity index (χ4n) is 2.34. The van der Waals surface area contributed by atoms with E-state index in [2.05, 4.69) is 43.7 Å². The van der Waals surface area contributed by atoms with E-state index >= 15 is 0 Å². The second-order valence-corrected chi connectivity index (χ2v) is 6.10. The zero-order valence-electron chi connectivity index (χ0n) is 11.4. The van der Waals surface area contributed by atoms with Crippen molar-refractivity contribution in [3.8, 4) is 0 Å². The van der Waals surface area contributed by atoms with E-state index in [4.69, 9.17) is 0 Å². The molecular weight excluding hydrogens is 330 g/mol. The molecule has 0 spiro atoms. The second kappa shape index (κ2) is 6.26. The molecular formula is C16H16BrN3O. The van der Waals surface area contributed by atoms with Crippen molar-refractivity contribution in [2.45, 2.75) is 24.9 Å². The fraction of sp³-hybridized carbons (Fsp3) is 0.250. The average Bonchev–Trinajstić information content (AvgIpc) is 3.26. The summed E-state index contributed by atoms with van der Waals surface area (Å²) in [6, 6.07) is 12.2. The molecule has 3 rings (SSSR count). The number of benzene rings is 1. The van der Waals surface area contributed by atoms with Gasteiger partial charge >= 0.3 is 6.03 Å². The first-order valence-electron chi connectivity index (χ1n) is 6.91. The molecule has 1 aliphatic rings. The van der Waals surface area contributed by atoms with E-state index in [1.54, 1.807) is 12.4 Å². The third-order valence-electron chi connectivity index (χ3n) is 3.58. The van der Waals surface area contributed by atoms with Gasteiger partial charge in [0.15, 0.2) is 0 Å². The lowest BCUT2D eigenvalue weighted by Gasteiger charge is -2.07. The Balaban J connectivity index is 1.45. The van der Waals surface area contributed by atoms with Crippen LogP contribution in [0.15, 0.2) is 53.3 Å². The lowest BCUT2D eigenvalue weighted by Crippen LogP contribution is -2.36. The highest BCUT2D eigenvalue weighted by molar-refractivity contribution is 9.10. The van der Waals surface area contributed by atoms with Crippen molar-refractivity contribution in [3.05, 3.63) is 64.4 Å². The van der Waals surface area contributed by atoms with Crippen LogP contribution in [0.1, 0.15) is 23.5 Å². The van der Waals surface area contributed by atoms with Crippen LogP contribution in [0.25, 0.3) is 0 Å². The smallest absolute Gasteiger partial charge is 0.315 e. The number of aromatic nitrogens is 1. The molecule has 0 unspecified atom stereocenters. The van der Waals surface area contributed by atoms with Crippen molar-refractivity contribution in [2.75, 3.05) is 0 Å². The van der Waals surface area contributed by atoms with Crippen molar-refractivity contribution in [2.24, 2.45) is 0 Å². The Hall–Kier alpha value is -1.88. The summed E-state index contributed by atoms with van der Waals surface area (Å²) >= 11 is 3.43. The number of carbonyl (C=O) groups excluding carboxylic acids is 1. The van der Waals surface area contributed by atoms with E-state index in [-0.39, 0.29) is 12.1 Å². The number of hydrogen-bond donors (Lipinski definition) is 2. The molecule has 1 aliphatic carbocycles. The molecule has 0 saturated heterocycles. The number of amides is 2. The van der Waals surface area contributed by atoms with Crippen LogP contribution in [-0.4, -0.2) is 17.1 Å². The summed E-state index contributed by atoms with van der Waals surface area (Å²) in [6.07, 6.45) is 4.47. The quantitative estimate of drug-likeness (QED) is 0.893. The predicted molar refractivity (Wildman–Crippen MR) is 84.9 cm³/mol. The number of carbonyl (C=O) groups is 1. The van der Waals surface area contributed by atoms with Crippen LogP contribution in [0, 0.1) is 0 Å². The summed E-state index contributed by atoms with van der Waals surface area (Å²) < 4.78 is 1.07. The van der Waals surface area contributed by atoms with Gasteiger partial charge in [0.05, 0.1) is 0 Å². The molecule has 0 aliphatic heterocycles. The Morgan fingerprint density at radius 3 is 2.81 bits per heavy atom. The number of rotatable bonds is 4. The van der Waals surface area contributed by atoms with Crippen molar-refractivity contribution in [1.82, 2.24) is 15.6 Å². The maximum Gasteiger partial charge on any atom is 0.315 e. The Morgan fingerprint density at radius 1 is 1.29 bits per heavy atom. The van der Waals surface area contributed by atoms with Crippen LogP contribution in [0.3, 0.4) is 0 Å². The van der Waals surface area contributed by atoms with Gasteiger partial charge in [-0.2, -0.15) is 0 Å². The van der Waals surface area contributed by atoms with Gasteiger partial charge in [-0.3, -0.25) is 4.98 Å². The van der Waals surface area contributed by atoms with Crippen LogP contribution < -0.4 is 10.6 Å². The van der Waals surface area contributed by atoms with Gasteiger partial charge in [0, 0.05) is 35.4 Å². The summed E-state index contributed by atoms with van der Waals surface area (Å²) in [5.74, 6) is 0.433. The normalized spacial score (nSPS) is 19.9. The average molecular weight is 346 g/mol. The number of pyridine rings is 1. The standard InChI is InChI=1S/C16H16BrN3O/c17-13-5-3-12(4-6-13)14-8-15(14)20-16(21)19-10-11-2-1-7-18-9-11/h1-7,9,14-15H,8,10H2,(H2,19,20,21)/t14-,15+/m0/s1. The number of urea groups is 1. The van der Waals surface area contributed by atoms with Crippen LogP contribution in [-0.2, 0) is 6.54 Å². The molecule has 2 N–H and O–H groups in total. The van der Waals surface area contributed by atoms with Gasteiger partial charge in [-0.05, 0) is 35.7 Å². The van der Waals surface area contributed by atoms with Crippen LogP contribution >= 0.6 is 15.9 Å². The molecule has 1 aromatic heterocycles. The first kappa shape index (κ1) is 14.1. The lowest BCUT2D eigenvalue weighted by molar-refractivity contribution is 0.240. The van der Waals surface area contributed by atoms with Gasteiger partial charge in [0.25, 0.3) is 0 Å². The van der Waals surface area contributed by atoms with Gasteiger partial charge in [-0.15, -0.1) is 0 Å². The highest BCUT2D eigenvalue weighted by Crippen LogP contribution is 2.40. The maximum atomic E-state index is 11.8. The summed E-state index contributed by atoms with van der Waals surface area (Å²) in [4.78, 5) is 15.9. The van der Waals surface area contributed by atoms with Crippen molar-refractivity contribution >= 4 is 22.0 Å². The predicted octanol–water partition coefficient (Wildman–Crippen LogP) is 3.20. The molecule has 1 saturated carbocycles. The Morgan fingerprint density at radius 2 is 2.10 bits per heavy atom. The Bertz CT molecular complexity index is 615. The molecule has 2 amide bonds. The molecule has 21 heavy (non-hydrogen) atoms. The van der Waals surface area contributed by atoms with Gasteiger partial charge in [0.2, 0.25) is 0 Å². The molecule has 0 radical (unpaired) electrons. The van der Waals surface area contributed by atoms with E-state index in [1.165, 1.54) is 5.56 Å². The molecule has 2 aromatic rings. The van der Waals surface area contributed by atoms with E-state index in [0.717, 1.165) is 16.5 Å². The molecule has 108 valence electrons. The van der Waals surface area contributed by atoms with Gasteiger partial charge in [-0.25, -0.2) is 4.79 Å². The lowest BCUT2D eigenvalue weighted by atomic mass is 10.1. The minimum Gasteiger partial charge on any atom is -0.335 e. The SMILES string of the molecule is O=C(NCc1cccnc1)N[C@@H]1C[C@H]1c1ccc(Br)cc1. The summed E-state index contributed by atoms with van der Waals surface area (Å²) in [6.45, 7) is 0.495. The minimum absolute atomic E-state index is 0.122. The monoisotopic (exact) mass is 345 g/mol. The highest BCUT2D eigenvalue weighted by atomic mass is 79.9. The number of halogens is 1. The maximum absolute atomic E-state index is 11.8. The summed E-state index contributed by atoms with van der Waals surface area (Å²) in [5, 5.41) is 5.86.